The van der Waals surface area contributed by atoms with Crippen molar-refractivity contribution in [3.63, 3.8) is 0 Å². The molecule has 0 aliphatic heterocycles. The molecule has 0 bridgehead atoms. The molecule has 0 radical (unpaired) electrons. The highest BCUT2D eigenvalue weighted by molar-refractivity contribution is 5.95. The first-order valence-corrected chi connectivity index (χ1v) is 7.67. The highest BCUT2D eigenvalue weighted by Crippen LogP contribution is 2.09. The Kier molecular flexibility index (Phi) is 10.5. The minimum Gasteiger partial charge on any atom is -0.480 e. The maximum absolute atomic E-state index is 11.8. The number of carbonyl (C=O) groups is 3. The van der Waals surface area contributed by atoms with Gasteiger partial charge in [0.2, 0.25) is 11.8 Å². The third-order valence-electron chi connectivity index (χ3n) is 3.48. The number of unbranched alkanes of at least 4 members (excludes halogenated alkanes) is 5. The Morgan fingerprint density at radius 2 is 1.52 bits per heavy atom. The van der Waals surface area contributed by atoms with Crippen LogP contribution in [0, 0.1) is 0 Å². The molecule has 0 aromatic heterocycles. The van der Waals surface area contributed by atoms with Crippen molar-refractivity contribution >= 4 is 17.8 Å². The van der Waals surface area contributed by atoms with Crippen molar-refractivity contribution in [2.24, 2.45) is 5.73 Å². The van der Waals surface area contributed by atoms with Crippen LogP contribution in [0.1, 0.15) is 64.7 Å². The van der Waals surface area contributed by atoms with Gasteiger partial charge in [0.05, 0.1) is 0 Å². The van der Waals surface area contributed by atoms with Gasteiger partial charge in [-0.25, -0.2) is 0 Å². The number of hydrogen-bond acceptors (Lipinski definition) is 4. The lowest BCUT2D eigenvalue weighted by Gasteiger charge is -2.16. The highest BCUT2D eigenvalue weighted by Gasteiger charge is 2.19. The van der Waals surface area contributed by atoms with E-state index in [0.29, 0.717) is 6.42 Å². The van der Waals surface area contributed by atoms with Gasteiger partial charge in [-0.1, -0.05) is 39.0 Å². The summed E-state index contributed by atoms with van der Waals surface area (Å²) in [5.41, 5.74) is 5.32. The summed E-state index contributed by atoms with van der Waals surface area (Å²) < 4.78 is 0. The maximum atomic E-state index is 11.8. The maximum Gasteiger partial charge on any atom is 0.320 e. The Morgan fingerprint density at radius 1 is 1.00 bits per heavy atom. The van der Waals surface area contributed by atoms with Gasteiger partial charge >= 0.3 is 5.97 Å². The molecule has 0 saturated carbocycles. The van der Waals surface area contributed by atoms with E-state index in [1.165, 1.54) is 26.3 Å². The largest absolute Gasteiger partial charge is 0.480 e. The molecular formula is C15H28N2O4. The molecule has 2 amide bonds. The van der Waals surface area contributed by atoms with Gasteiger partial charge in [-0.05, 0) is 12.8 Å². The standard InChI is InChI=1S/C15H28N2O4/c1-3-4-5-6-7-8-9-13(18)17(2)14(19)11-10-12(16)15(20)21/h12H,3-11,16H2,1-2H3,(H,20,21)/t12-/m1/s1. The molecule has 1 atom stereocenters. The van der Waals surface area contributed by atoms with E-state index in [4.69, 9.17) is 10.8 Å². The Balaban J connectivity index is 3.86. The van der Waals surface area contributed by atoms with E-state index in [2.05, 4.69) is 6.92 Å². The van der Waals surface area contributed by atoms with E-state index in [-0.39, 0.29) is 24.7 Å². The van der Waals surface area contributed by atoms with Gasteiger partial charge in [-0.2, -0.15) is 0 Å². The molecule has 0 rings (SSSR count). The van der Waals surface area contributed by atoms with Crippen molar-refractivity contribution in [2.75, 3.05) is 7.05 Å². The average molecular weight is 300 g/mol. The fourth-order valence-electron chi connectivity index (χ4n) is 1.93. The molecule has 0 aromatic carbocycles. The van der Waals surface area contributed by atoms with Crippen LogP contribution in [0.4, 0.5) is 0 Å². The van der Waals surface area contributed by atoms with Crippen LogP contribution < -0.4 is 5.73 Å². The Hall–Kier alpha value is -1.43. The smallest absolute Gasteiger partial charge is 0.320 e. The summed E-state index contributed by atoms with van der Waals surface area (Å²) in [5, 5.41) is 8.63. The predicted octanol–water partition coefficient (Wildman–Crippen LogP) is 1.91. The summed E-state index contributed by atoms with van der Waals surface area (Å²) in [5.74, 6) is -1.72. The number of nitrogens with zero attached hydrogens (tertiary/aromatic N) is 1. The first-order chi connectivity index (χ1) is 9.90. The van der Waals surface area contributed by atoms with Crippen molar-refractivity contribution in [1.82, 2.24) is 4.90 Å². The Morgan fingerprint density at radius 3 is 2.10 bits per heavy atom. The van der Waals surface area contributed by atoms with E-state index in [1.54, 1.807) is 0 Å². The second-order valence-corrected chi connectivity index (χ2v) is 5.35. The van der Waals surface area contributed by atoms with Crippen LogP contribution in [0.3, 0.4) is 0 Å². The van der Waals surface area contributed by atoms with Crippen LogP contribution in [0.25, 0.3) is 0 Å². The number of carbonyl (C=O) groups excluding carboxylic acids is 2. The van der Waals surface area contributed by atoms with E-state index < -0.39 is 12.0 Å². The van der Waals surface area contributed by atoms with Crippen molar-refractivity contribution < 1.29 is 19.5 Å². The molecule has 0 fully saturated rings. The summed E-state index contributed by atoms with van der Waals surface area (Å²) >= 11 is 0. The SMILES string of the molecule is CCCCCCCCC(=O)N(C)C(=O)CC[C@@H](N)C(=O)O. The number of carboxylic acids is 1. The fraction of sp³-hybridized carbons (Fsp3) is 0.800. The molecule has 0 spiro atoms. The molecule has 0 aliphatic carbocycles. The topological polar surface area (TPSA) is 101 Å². The minimum atomic E-state index is -1.14. The lowest BCUT2D eigenvalue weighted by molar-refractivity contribution is -0.143. The number of carboxylic acid groups (broad SMARTS) is 1. The normalized spacial score (nSPS) is 12.0. The number of nitrogens with two attached hydrogens (primary N) is 1. The number of amides is 2. The molecule has 0 aromatic rings. The zero-order chi connectivity index (χ0) is 16.3. The molecule has 0 unspecified atom stereocenters. The van der Waals surface area contributed by atoms with Crippen LogP contribution in [-0.2, 0) is 14.4 Å². The summed E-state index contributed by atoms with van der Waals surface area (Å²) in [4.78, 5) is 35.2. The van der Waals surface area contributed by atoms with Crippen LogP contribution in [0.2, 0.25) is 0 Å². The van der Waals surface area contributed by atoms with E-state index >= 15 is 0 Å². The van der Waals surface area contributed by atoms with Gasteiger partial charge in [-0.15, -0.1) is 0 Å². The van der Waals surface area contributed by atoms with Crippen molar-refractivity contribution in [3.05, 3.63) is 0 Å². The van der Waals surface area contributed by atoms with Gasteiger partial charge < -0.3 is 10.8 Å². The van der Waals surface area contributed by atoms with Crippen molar-refractivity contribution in [1.29, 1.82) is 0 Å². The number of imide groups is 1. The predicted molar refractivity (Wildman–Crippen MR) is 80.6 cm³/mol. The second kappa shape index (κ2) is 11.3. The van der Waals surface area contributed by atoms with E-state index in [1.807, 2.05) is 0 Å². The van der Waals surface area contributed by atoms with Gasteiger partial charge in [0.15, 0.2) is 0 Å². The van der Waals surface area contributed by atoms with Crippen LogP contribution in [0.15, 0.2) is 0 Å². The lowest BCUT2D eigenvalue weighted by atomic mass is 10.1. The minimum absolute atomic E-state index is 0.0216. The van der Waals surface area contributed by atoms with Gasteiger partial charge in [0.25, 0.3) is 0 Å². The van der Waals surface area contributed by atoms with Crippen LogP contribution >= 0.6 is 0 Å². The molecule has 6 nitrogen and oxygen atoms in total. The summed E-state index contributed by atoms with van der Waals surface area (Å²) in [7, 11) is 1.44. The van der Waals surface area contributed by atoms with Gasteiger partial charge in [0, 0.05) is 19.9 Å². The third-order valence-corrected chi connectivity index (χ3v) is 3.48. The number of rotatable bonds is 11. The van der Waals surface area contributed by atoms with Crippen LogP contribution in [0.5, 0.6) is 0 Å². The van der Waals surface area contributed by atoms with Gasteiger partial charge in [0.1, 0.15) is 6.04 Å². The average Bonchev–Trinajstić information content (AvgIpc) is 2.46. The molecule has 0 saturated heterocycles. The zero-order valence-corrected chi connectivity index (χ0v) is 13.1. The summed E-state index contributed by atoms with van der Waals surface area (Å²) in [6.45, 7) is 2.15. The number of aliphatic carboxylic acids is 1. The lowest BCUT2D eigenvalue weighted by Crippen LogP contribution is -2.36. The summed E-state index contributed by atoms with van der Waals surface area (Å²) in [6.07, 6.45) is 6.88. The van der Waals surface area contributed by atoms with Gasteiger partial charge in [-0.3, -0.25) is 19.3 Å². The first-order valence-electron chi connectivity index (χ1n) is 7.67. The van der Waals surface area contributed by atoms with Crippen LogP contribution in [-0.4, -0.2) is 40.9 Å². The molecule has 0 aliphatic rings. The molecule has 0 heterocycles. The van der Waals surface area contributed by atoms with E-state index in [9.17, 15) is 14.4 Å². The fourth-order valence-corrected chi connectivity index (χ4v) is 1.93. The molecule has 6 heteroatoms. The molecule has 3 N–H and O–H groups in total. The van der Waals surface area contributed by atoms with E-state index in [0.717, 1.165) is 24.2 Å². The first kappa shape index (κ1) is 19.6. The highest BCUT2D eigenvalue weighted by atomic mass is 16.4. The monoisotopic (exact) mass is 300 g/mol. The third kappa shape index (κ3) is 9.18. The van der Waals surface area contributed by atoms with Crippen molar-refractivity contribution in [2.45, 2.75) is 70.8 Å². The zero-order valence-electron chi connectivity index (χ0n) is 13.1. The molecule has 122 valence electrons. The molecule has 21 heavy (non-hydrogen) atoms. The second-order valence-electron chi connectivity index (χ2n) is 5.35. The summed E-state index contributed by atoms with van der Waals surface area (Å²) in [6, 6.07) is -1.06. The Labute approximate surface area is 126 Å². The molecular weight excluding hydrogens is 272 g/mol. The van der Waals surface area contributed by atoms with Crippen molar-refractivity contribution in [3.8, 4) is 0 Å². The Bertz CT molecular complexity index is 345. The quantitative estimate of drug-likeness (QED) is 0.568. The number of hydrogen-bond donors (Lipinski definition) is 2.